The van der Waals surface area contributed by atoms with Gasteiger partial charge in [0.15, 0.2) is 0 Å². The first kappa shape index (κ1) is 11.8. The fourth-order valence-corrected chi connectivity index (χ4v) is 1.11. The zero-order valence-corrected chi connectivity index (χ0v) is 8.00. The number of carbonyl (C=O) groups is 3. The van der Waals surface area contributed by atoms with E-state index in [-0.39, 0.29) is 30.3 Å². The second-order valence-electron chi connectivity index (χ2n) is 3.22. The maximum atomic E-state index is 11.0. The van der Waals surface area contributed by atoms with Gasteiger partial charge in [-0.1, -0.05) is 0 Å². The molecule has 4 nitrogen and oxygen atoms in total. The normalized spacial score (nSPS) is 12.2. The van der Waals surface area contributed by atoms with E-state index >= 15 is 0 Å². The molecule has 0 rings (SSSR count). The predicted molar refractivity (Wildman–Crippen MR) is 47.9 cm³/mol. The van der Waals surface area contributed by atoms with Crippen LogP contribution in [0.1, 0.15) is 33.1 Å². The molecule has 0 radical (unpaired) electrons. The first-order valence-electron chi connectivity index (χ1n) is 4.21. The van der Waals surface area contributed by atoms with Crippen LogP contribution in [-0.4, -0.2) is 17.5 Å². The molecule has 0 bridgehead atoms. The van der Waals surface area contributed by atoms with Crippen LogP contribution in [0.4, 0.5) is 0 Å². The summed E-state index contributed by atoms with van der Waals surface area (Å²) < 4.78 is 0. The minimum Gasteiger partial charge on any atom is -0.370 e. The summed E-state index contributed by atoms with van der Waals surface area (Å²) in [5.41, 5.74) is 4.94. The number of Topliss-reactive ketones (excluding diaryl/α,β-unsaturated/α-hetero) is 2. The summed E-state index contributed by atoms with van der Waals surface area (Å²) in [6.07, 6.45) is 0.754. The van der Waals surface area contributed by atoms with Crippen molar-refractivity contribution < 1.29 is 14.4 Å². The molecule has 0 aromatic heterocycles. The van der Waals surface area contributed by atoms with Crippen molar-refractivity contribution >= 4 is 17.5 Å². The van der Waals surface area contributed by atoms with Crippen molar-refractivity contribution in [1.82, 2.24) is 0 Å². The molecule has 1 amide bonds. The van der Waals surface area contributed by atoms with Crippen LogP contribution in [0.15, 0.2) is 0 Å². The van der Waals surface area contributed by atoms with Gasteiger partial charge in [-0.05, 0) is 20.3 Å². The van der Waals surface area contributed by atoms with Gasteiger partial charge >= 0.3 is 0 Å². The Bertz CT molecular complexity index is 223. The van der Waals surface area contributed by atoms with Crippen LogP contribution in [0, 0.1) is 5.92 Å². The molecule has 0 saturated carbocycles. The standard InChI is InChI=1S/C9H15NO3/c1-6(11)5-8(7(2)12)3-4-9(10)13/h8H,3-5H2,1-2H3,(H2,10,13). The molecule has 4 heteroatoms. The van der Waals surface area contributed by atoms with Crippen molar-refractivity contribution in [2.24, 2.45) is 11.7 Å². The van der Waals surface area contributed by atoms with Crippen LogP contribution >= 0.6 is 0 Å². The third-order valence-corrected chi connectivity index (χ3v) is 1.85. The van der Waals surface area contributed by atoms with Crippen LogP contribution in [0.2, 0.25) is 0 Å². The lowest BCUT2D eigenvalue weighted by molar-refractivity contribution is -0.126. The van der Waals surface area contributed by atoms with Crippen LogP contribution in [-0.2, 0) is 14.4 Å². The molecule has 0 saturated heterocycles. The number of primary amides is 1. The lowest BCUT2D eigenvalue weighted by Gasteiger charge is -2.09. The van der Waals surface area contributed by atoms with Gasteiger partial charge in [0.25, 0.3) is 0 Å². The Morgan fingerprint density at radius 1 is 1.23 bits per heavy atom. The summed E-state index contributed by atoms with van der Waals surface area (Å²) in [5, 5.41) is 0. The molecular weight excluding hydrogens is 170 g/mol. The lowest BCUT2D eigenvalue weighted by Crippen LogP contribution is -2.18. The third kappa shape index (κ3) is 6.02. The van der Waals surface area contributed by atoms with E-state index in [0.29, 0.717) is 6.42 Å². The topological polar surface area (TPSA) is 77.2 Å². The van der Waals surface area contributed by atoms with Crippen molar-refractivity contribution in [2.45, 2.75) is 33.1 Å². The van der Waals surface area contributed by atoms with Crippen molar-refractivity contribution in [3.05, 3.63) is 0 Å². The number of hydrogen-bond acceptors (Lipinski definition) is 3. The number of amides is 1. The minimum absolute atomic E-state index is 0.0373. The van der Waals surface area contributed by atoms with Gasteiger partial charge in [0, 0.05) is 18.8 Å². The Hall–Kier alpha value is -1.19. The van der Waals surface area contributed by atoms with Crippen LogP contribution in [0.3, 0.4) is 0 Å². The molecule has 0 heterocycles. The van der Waals surface area contributed by atoms with E-state index in [1.807, 2.05) is 0 Å². The molecule has 0 spiro atoms. The number of ketones is 2. The Morgan fingerprint density at radius 2 is 1.77 bits per heavy atom. The maximum Gasteiger partial charge on any atom is 0.217 e. The molecule has 74 valence electrons. The highest BCUT2D eigenvalue weighted by molar-refractivity contribution is 5.86. The van der Waals surface area contributed by atoms with Crippen LogP contribution in [0.25, 0.3) is 0 Å². The molecule has 0 aromatic rings. The Labute approximate surface area is 77.5 Å². The number of nitrogens with two attached hydrogens (primary N) is 1. The Morgan fingerprint density at radius 3 is 2.08 bits per heavy atom. The first-order chi connectivity index (χ1) is 5.93. The molecule has 1 atom stereocenters. The zero-order chi connectivity index (χ0) is 10.4. The van der Waals surface area contributed by atoms with E-state index in [4.69, 9.17) is 5.73 Å². The summed E-state index contributed by atoms with van der Waals surface area (Å²) in [6.45, 7) is 2.86. The lowest BCUT2D eigenvalue weighted by atomic mass is 9.94. The third-order valence-electron chi connectivity index (χ3n) is 1.85. The molecule has 0 aliphatic carbocycles. The summed E-state index contributed by atoms with van der Waals surface area (Å²) in [4.78, 5) is 32.2. The van der Waals surface area contributed by atoms with Gasteiger partial charge in [-0.2, -0.15) is 0 Å². The molecule has 2 N–H and O–H groups in total. The molecule has 13 heavy (non-hydrogen) atoms. The molecule has 0 aliphatic rings. The van der Waals surface area contributed by atoms with E-state index in [0.717, 1.165) is 0 Å². The van der Waals surface area contributed by atoms with E-state index in [1.54, 1.807) is 0 Å². The average molecular weight is 185 g/mol. The average Bonchev–Trinajstić information content (AvgIpc) is 1.96. The van der Waals surface area contributed by atoms with Gasteiger partial charge < -0.3 is 10.5 Å². The van der Waals surface area contributed by atoms with Gasteiger partial charge in [0.05, 0.1) is 0 Å². The van der Waals surface area contributed by atoms with Gasteiger partial charge in [0.1, 0.15) is 11.6 Å². The zero-order valence-electron chi connectivity index (χ0n) is 8.00. The van der Waals surface area contributed by atoms with Gasteiger partial charge in [-0.15, -0.1) is 0 Å². The molecule has 0 aromatic carbocycles. The van der Waals surface area contributed by atoms with Gasteiger partial charge in [-0.3, -0.25) is 9.59 Å². The summed E-state index contributed by atoms with van der Waals surface area (Å²) in [5.74, 6) is -0.874. The minimum atomic E-state index is -0.435. The van der Waals surface area contributed by atoms with E-state index in [1.165, 1.54) is 13.8 Å². The largest absolute Gasteiger partial charge is 0.370 e. The van der Waals surface area contributed by atoms with Crippen molar-refractivity contribution in [3.8, 4) is 0 Å². The van der Waals surface area contributed by atoms with Crippen LogP contribution < -0.4 is 5.73 Å². The predicted octanol–water partition coefficient (Wildman–Crippen LogP) is 0.436. The monoisotopic (exact) mass is 185 g/mol. The second kappa shape index (κ2) is 5.45. The SMILES string of the molecule is CC(=O)CC(CCC(N)=O)C(C)=O. The summed E-state index contributed by atoms with van der Waals surface area (Å²) >= 11 is 0. The molecule has 0 fully saturated rings. The summed E-state index contributed by atoms with van der Waals surface area (Å²) in [6, 6.07) is 0. The van der Waals surface area contributed by atoms with E-state index in [9.17, 15) is 14.4 Å². The Kier molecular flexibility index (Phi) is 4.96. The van der Waals surface area contributed by atoms with E-state index in [2.05, 4.69) is 0 Å². The Balaban J connectivity index is 4.02. The molecule has 0 aliphatic heterocycles. The second-order valence-corrected chi connectivity index (χ2v) is 3.22. The van der Waals surface area contributed by atoms with Crippen molar-refractivity contribution in [1.29, 1.82) is 0 Å². The smallest absolute Gasteiger partial charge is 0.217 e. The highest BCUT2D eigenvalue weighted by atomic mass is 16.1. The van der Waals surface area contributed by atoms with Gasteiger partial charge in [-0.25, -0.2) is 0 Å². The quantitative estimate of drug-likeness (QED) is 0.652. The first-order valence-corrected chi connectivity index (χ1v) is 4.21. The highest BCUT2D eigenvalue weighted by Crippen LogP contribution is 2.12. The van der Waals surface area contributed by atoms with Crippen LogP contribution in [0.5, 0.6) is 0 Å². The number of rotatable bonds is 6. The molecule has 1 unspecified atom stereocenters. The van der Waals surface area contributed by atoms with Gasteiger partial charge in [0.2, 0.25) is 5.91 Å². The highest BCUT2D eigenvalue weighted by Gasteiger charge is 2.16. The van der Waals surface area contributed by atoms with Crippen molar-refractivity contribution in [3.63, 3.8) is 0 Å². The maximum absolute atomic E-state index is 11.0. The number of carbonyl (C=O) groups excluding carboxylic acids is 3. The van der Waals surface area contributed by atoms with E-state index < -0.39 is 5.91 Å². The van der Waals surface area contributed by atoms with Crippen molar-refractivity contribution in [2.75, 3.05) is 0 Å². The fourth-order valence-electron chi connectivity index (χ4n) is 1.11. The summed E-state index contributed by atoms with van der Waals surface area (Å²) in [7, 11) is 0. The molecular formula is C9H15NO3. The number of hydrogen-bond donors (Lipinski definition) is 1. The fraction of sp³-hybridized carbons (Fsp3) is 0.667.